The summed E-state index contributed by atoms with van der Waals surface area (Å²) in [6.45, 7) is 0. The molecule has 0 spiro atoms. The average molecular weight is 360 g/mol. The molecule has 120 valence electrons. The van der Waals surface area contributed by atoms with Gasteiger partial charge in [0.25, 0.3) is 0 Å². The molecule has 2 aromatic carbocycles. The van der Waals surface area contributed by atoms with Gasteiger partial charge in [-0.1, -0.05) is 47.7 Å². The zero-order valence-corrected chi connectivity index (χ0v) is 14.7. The maximum Gasteiger partial charge on any atom is 0.217 e. The van der Waals surface area contributed by atoms with E-state index in [0.717, 1.165) is 25.9 Å². The minimum Gasteiger partial charge on any atom is -0.267 e. The summed E-state index contributed by atoms with van der Waals surface area (Å²) in [4.78, 5) is 7.59. The molecule has 3 aromatic heterocycles. The fourth-order valence-electron chi connectivity index (χ4n) is 2.71. The number of rotatable bonds is 3. The monoisotopic (exact) mass is 360 g/mol. The first-order valence-corrected chi connectivity index (χ1v) is 9.43. The van der Waals surface area contributed by atoms with E-state index in [4.69, 9.17) is 0 Å². The Morgan fingerprint density at radius 2 is 1.84 bits per heavy atom. The number of nitrogens with zero attached hydrogens (tertiary/aromatic N) is 4. The molecule has 3 heterocycles. The van der Waals surface area contributed by atoms with Crippen molar-refractivity contribution in [3.8, 4) is 10.4 Å². The highest BCUT2D eigenvalue weighted by atomic mass is 32.2. The Balaban J connectivity index is 1.52. The standard InChI is InChI=1S/C19H12N4S2/c1-2-5-13(6-3-1)17-12-23-18(21-22-19(23)25-17)24-15-8-9-16-14(11-15)7-4-10-20-16/h1-12H. The molecule has 5 aromatic rings. The van der Waals surface area contributed by atoms with Crippen molar-refractivity contribution >= 4 is 39.0 Å². The van der Waals surface area contributed by atoms with Crippen molar-refractivity contribution in [1.82, 2.24) is 19.6 Å². The number of pyridine rings is 1. The van der Waals surface area contributed by atoms with Gasteiger partial charge in [0.15, 0.2) is 0 Å². The topological polar surface area (TPSA) is 43.1 Å². The van der Waals surface area contributed by atoms with Crippen molar-refractivity contribution < 1.29 is 0 Å². The van der Waals surface area contributed by atoms with Gasteiger partial charge in [0, 0.05) is 22.7 Å². The maximum absolute atomic E-state index is 4.37. The second-order valence-electron chi connectivity index (χ2n) is 5.56. The largest absolute Gasteiger partial charge is 0.267 e. The number of hydrogen-bond donors (Lipinski definition) is 0. The lowest BCUT2D eigenvalue weighted by Crippen LogP contribution is -1.84. The molecule has 5 rings (SSSR count). The third-order valence-electron chi connectivity index (χ3n) is 3.92. The molecule has 25 heavy (non-hydrogen) atoms. The van der Waals surface area contributed by atoms with Crippen LogP contribution in [0.5, 0.6) is 0 Å². The lowest BCUT2D eigenvalue weighted by molar-refractivity contribution is 0.924. The van der Waals surface area contributed by atoms with Crippen LogP contribution in [0.15, 0.2) is 83.1 Å². The van der Waals surface area contributed by atoms with E-state index in [2.05, 4.69) is 68.2 Å². The highest BCUT2D eigenvalue weighted by Gasteiger charge is 2.12. The molecule has 6 heteroatoms. The van der Waals surface area contributed by atoms with Crippen LogP contribution in [-0.4, -0.2) is 19.6 Å². The highest BCUT2D eigenvalue weighted by Crippen LogP contribution is 2.33. The van der Waals surface area contributed by atoms with Crippen LogP contribution in [0.1, 0.15) is 0 Å². The van der Waals surface area contributed by atoms with Crippen molar-refractivity contribution in [2.45, 2.75) is 10.1 Å². The van der Waals surface area contributed by atoms with E-state index in [9.17, 15) is 0 Å². The van der Waals surface area contributed by atoms with Crippen LogP contribution in [0.4, 0.5) is 0 Å². The minimum absolute atomic E-state index is 0.872. The van der Waals surface area contributed by atoms with Crippen molar-refractivity contribution in [2.24, 2.45) is 0 Å². The number of aromatic nitrogens is 4. The van der Waals surface area contributed by atoms with Crippen molar-refractivity contribution in [2.75, 3.05) is 0 Å². The zero-order valence-electron chi connectivity index (χ0n) is 13.0. The van der Waals surface area contributed by atoms with Crippen LogP contribution in [0.25, 0.3) is 26.3 Å². The molecule has 0 fully saturated rings. The zero-order chi connectivity index (χ0) is 16.6. The molecule has 0 radical (unpaired) electrons. The fraction of sp³-hybridized carbons (Fsp3) is 0. The van der Waals surface area contributed by atoms with Crippen molar-refractivity contribution in [3.05, 3.63) is 73.1 Å². The first kappa shape index (κ1) is 14.6. The lowest BCUT2D eigenvalue weighted by Gasteiger charge is -2.01. The fourth-order valence-corrected chi connectivity index (χ4v) is 4.55. The second-order valence-corrected chi connectivity index (χ2v) is 7.61. The van der Waals surface area contributed by atoms with E-state index < -0.39 is 0 Å². The van der Waals surface area contributed by atoms with E-state index in [-0.39, 0.29) is 0 Å². The summed E-state index contributed by atoms with van der Waals surface area (Å²) in [7, 11) is 0. The molecular formula is C19H12N4S2. The predicted octanol–water partition coefficient (Wildman–Crippen LogP) is 5.16. The van der Waals surface area contributed by atoms with Gasteiger partial charge in [-0.15, -0.1) is 10.2 Å². The molecule has 0 saturated heterocycles. The summed E-state index contributed by atoms with van der Waals surface area (Å²) in [5.74, 6) is 0. The molecule has 0 unspecified atom stereocenters. The van der Waals surface area contributed by atoms with Crippen LogP contribution in [0, 0.1) is 0 Å². The first-order chi connectivity index (χ1) is 12.4. The van der Waals surface area contributed by atoms with Crippen LogP contribution in [0.2, 0.25) is 0 Å². The van der Waals surface area contributed by atoms with Crippen LogP contribution in [-0.2, 0) is 0 Å². The predicted molar refractivity (Wildman–Crippen MR) is 102 cm³/mol. The molecule has 0 aliphatic heterocycles. The highest BCUT2D eigenvalue weighted by molar-refractivity contribution is 7.99. The van der Waals surface area contributed by atoms with Crippen LogP contribution < -0.4 is 0 Å². The molecule has 0 N–H and O–H groups in total. The van der Waals surface area contributed by atoms with Gasteiger partial charge < -0.3 is 0 Å². The molecule has 0 aliphatic carbocycles. The Labute approximate surface area is 152 Å². The molecule has 0 saturated carbocycles. The summed E-state index contributed by atoms with van der Waals surface area (Å²) >= 11 is 3.27. The van der Waals surface area contributed by atoms with Gasteiger partial charge in [0.05, 0.1) is 10.4 Å². The Kier molecular flexibility index (Phi) is 3.50. The third kappa shape index (κ3) is 2.69. The Bertz CT molecular complexity index is 1180. The van der Waals surface area contributed by atoms with Gasteiger partial charge in [-0.3, -0.25) is 9.38 Å². The number of fused-ring (bicyclic) bond motifs is 2. The Hall–Kier alpha value is -2.70. The summed E-state index contributed by atoms with van der Waals surface area (Å²) < 4.78 is 2.06. The van der Waals surface area contributed by atoms with Gasteiger partial charge in [-0.2, -0.15) is 0 Å². The summed E-state index contributed by atoms with van der Waals surface area (Å²) in [5.41, 5.74) is 2.20. The van der Waals surface area contributed by atoms with Gasteiger partial charge >= 0.3 is 0 Å². The van der Waals surface area contributed by atoms with E-state index in [0.29, 0.717) is 0 Å². The molecule has 0 bridgehead atoms. The van der Waals surface area contributed by atoms with E-state index in [1.807, 2.05) is 24.4 Å². The summed E-state index contributed by atoms with van der Waals surface area (Å²) in [6.07, 6.45) is 3.92. The second kappa shape index (κ2) is 5.98. The van der Waals surface area contributed by atoms with Crippen LogP contribution >= 0.6 is 23.1 Å². The summed E-state index contributed by atoms with van der Waals surface area (Å²) in [5, 5.41) is 10.7. The first-order valence-electron chi connectivity index (χ1n) is 7.79. The molecule has 4 nitrogen and oxygen atoms in total. The van der Waals surface area contributed by atoms with Gasteiger partial charge in [0.1, 0.15) is 0 Å². The van der Waals surface area contributed by atoms with Crippen LogP contribution in [0.3, 0.4) is 0 Å². The molecule has 0 atom stereocenters. The van der Waals surface area contributed by atoms with Gasteiger partial charge in [-0.05, 0) is 41.6 Å². The van der Waals surface area contributed by atoms with E-state index in [1.165, 1.54) is 10.4 Å². The van der Waals surface area contributed by atoms with E-state index in [1.54, 1.807) is 23.1 Å². The normalized spacial score (nSPS) is 11.4. The maximum atomic E-state index is 4.37. The van der Waals surface area contributed by atoms with Gasteiger partial charge in [-0.25, -0.2) is 0 Å². The van der Waals surface area contributed by atoms with Gasteiger partial charge in [0.2, 0.25) is 10.1 Å². The number of thiazole rings is 1. The smallest absolute Gasteiger partial charge is 0.217 e. The molecule has 0 amide bonds. The third-order valence-corrected chi connectivity index (χ3v) is 5.90. The average Bonchev–Trinajstić information content (AvgIpc) is 3.24. The Morgan fingerprint density at radius 1 is 0.920 bits per heavy atom. The number of benzene rings is 2. The summed E-state index contributed by atoms with van der Waals surface area (Å²) in [6, 6.07) is 20.6. The SMILES string of the molecule is c1ccc(-c2cn3c(Sc4ccc5ncccc5c4)nnc3s2)cc1. The minimum atomic E-state index is 0.872. The van der Waals surface area contributed by atoms with E-state index >= 15 is 0 Å². The molecular weight excluding hydrogens is 348 g/mol. The number of hydrogen-bond acceptors (Lipinski definition) is 5. The van der Waals surface area contributed by atoms with Crippen molar-refractivity contribution in [1.29, 1.82) is 0 Å². The Morgan fingerprint density at radius 3 is 2.76 bits per heavy atom. The lowest BCUT2D eigenvalue weighted by atomic mass is 10.2. The van der Waals surface area contributed by atoms with Crippen molar-refractivity contribution in [3.63, 3.8) is 0 Å². The molecule has 0 aliphatic rings. The quantitative estimate of drug-likeness (QED) is 0.446.